The molecule has 1 aromatic carbocycles. The van der Waals surface area contributed by atoms with Crippen molar-refractivity contribution in [3.63, 3.8) is 0 Å². The van der Waals surface area contributed by atoms with Gasteiger partial charge in [0, 0.05) is 11.8 Å². The number of rotatable bonds is 7. The molecular formula is C23H22N6O3. The maximum Gasteiger partial charge on any atom is 0.276 e. The number of pyridine rings is 1. The summed E-state index contributed by atoms with van der Waals surface area (Å²) in [7, 11) is 0. The molecule has 1 N–H and O–H groups in total. The Morgan fingerprint density at radius 3 is 2.53 bits per heavy atom. The molecule has 32 heavy (non-hydrogen) atoms. The molecular weight excluding hydrogens is 408 g/mol. The van der Waals surface area contributed by atoms with E-state index in [4.69, 9.17) is 4.74 Å². The van der Waals surface area contributed by atoms with Crippen molar-refractivity contribution in [2.45, 2.75) is 20.4 Å². The third-order valence-corrected chi connectivity index (χ3v) is 4.65. The fourth-order valence-corrected chi connectivity index (χ4v) is 3.14. The van der Waals surface area contributed by atoms with Gasteiger partial charge in [0.25, 0.3) is 11.5 Å². The van der Waals surface area contributed by atoms with Crippen LogP contribution in [-0.4, -0.2) is 37.1 Å². The van der Waals surface area contributed by atoms with Crippen LogP contribution in [-0.2, 0) is 6.54 Å². The van der Waals surface area contributed by atoms with Crippen LogP contribution >= 0.6 is 0 Å². The first-order valence-electron chi connectivity index (χ1n) is 10.1. The number of aryl methyl sites for hydroxylation is 2. The molecule has 162 valence electrons. The Balaban J connectivity index is 1.41. The molecule has 9 heteroatoms. The first kappa shape index (κ1) is 21.0. The molecule has 0 aliphatic carbocycles. The average Bonchev–Trinajstić information content (AvgIpc) is 3.14. The highest BCUT2D eigenvalue weighted by Crippen LogP contribution is 2.13. The van der Waals surface area contributed by atoms with Crippen molar-refractivity contribution >= 4 is 11.6 Å². The molecule has 0 aliphatic heterocycles. The average molecular weight is 430 g/mol. The molecule has 3 aromatic heterocycles. The normalized spacial score (nSPS) is 10.7. The summed E-state index contributed by atoms with van der Waals surface area (Å²) in [6, 6.07) is 17.4. The molecule has 0 saturated carbocycles. The number of nitrogens with zero attached hydrogens (tertiary/aromatic N) is 5. The lowest BCUT2D eigenvalue weighted by Gasteiger charge is -2.09. The second-order valence-electron chi connectivity index (χ2n) is 7.14. The number of nitrogens with one attached hydrogen (secondary N) is 1. The first-order valence-corrected chi connectivity index (χ1v) is 10.1. The van der Waals surface area contributed by atoms with Gasteiger partial charge >= 0.3 is 0 Å². The number of para-hydroxylation sites is 1. The second-order valence-corrected chi connectivity index (χ2v) is 7.14. The Morgan fingerprint density at radius 2 is 1.84 bits per heavy atom. The summed E-state index contributed by atoms with van der Waals surface area (Å²) in [5.41, 5.74) is 2.18. The predicted octanol–water partition coefficient (Wildman–Crippen LogP) is 2.77. The second kappa shape index (κ2) is 9.25. The molecule has 0 fully saturated rings. The standard InChI is InChI=1S/C23H22N6O3/c1-16-14-17(2)29(26-16)21-10-8-18(15-24-21)25-23(31)20-9-11-22(30)28(27-20)12-13-32-19-6-4-3-5-7-19/h3-11,14-15H,12-13H2,1-2H3,(H,25,31). The van der Waals surface area contributed by atoms with Crippen molar-refractivity contribution in [1.82, 2.24) is 24.5 Å². The molecule has 0 saturated heterocycles. The number of carbonyl (C=O) groups is 1. The van der Waals surface area contributed by atoms with Crippen LogP contribution in [0.2, 0.25) is 0 Å². The fourth-order valence-electron chi connectivity index (χ4n) is 3.14. The summed E-state index contributed by atoms with van der Waals surface area (Å²) in [5.74, 6) is 0.910. The van der Waals surface area contributed by atoms with E-state index in [1.165, 1.54) is 16.8 Å². The summed E-state index contributed by atoms with van der Waals surface area (Å²) in [6.45, 7) is 4.33. The maximum atomic E-state index is 12.6. The number of ether oxygens (including phenoxy) is 1. The third-order valence-electron chi connectivity index (χ3n) is 4.65. The molecule has 0 unspecified atom stereocenters. The van der Waals surface area contributed by atoms with Crippen LogP contribution in [0.4, 0.5) is 5.69 Å². The van der Waals surface area contributed by atoms with Crippen molar-refractivity contribution in [1.29, 1.82) is 0 Å². The van der Waals surface area contributed by atoms with Gasteiger partial charge in [-0.1, -0.05) is 18.2 Å². The van der Waals surface area contributed by atoms with E-state index >= 15 is 0 Å². The van der Waals surface area contributed by atoms with E-state index in [9.17, 15) is 9.59 Å². The van der Waals surface area contributed by atoms with Crippen LogP contribution in [0.25, 0.3) is 5.82 Å². The lowest BCUT2D eigenvalue weighted by atomic mass is 10.3. The van der Waals surface area contributed by atoms with E-state index in [0.717, 1.165) is 11.4 Å². The van der Waals surface area contributed by atoms with Crippen molar-refractivity contribution in [3.05, 3.63) is 94.3 Å². The summed E-state index contributed by atoms with van der Waals surface area (Å²) in [6.07, 6.45) is 1.55. The molecule has 0 aliphatic rings. The Morgan fingerprint density at radius 1 is 1.03 bits per heavy atom. The molecule has 3 heterocycles. The fraction of sp³-hybridized carbons (Fsp3) is 0.174. The van der Waals surface area contributed by atoms with Gasteiger partial charge in [-0.25, -0.2) is 14.3 Å². The number of hydrogen-bond acceptors (Lipinski definition) is 6. The van der Waals surface area contributed by atoms with Crippen molar-refractivity contribution < 1.29 is 9.53 Å². The monoisotopic (exact) mass is 430 g/mol. The van der Waals surface area contributed by atoms with E-state index in [0.29, 0.717) is 17.3 Å². The molecule has 0 radical (unpaired) electrons. The van der Waals surface area contributed by atoms with Gasteiger partial charge in [0.15, 0.2) is 5.82 Å². The molecule has 1 amide bonds. The van der Waals surface area contributed by atoms with Gasteiger partial charge in [0.05, 0.1) is 24.1 Å². The Labute approximate surface area is 184 Å². The molecule has 4 aromatic rings. The highest BCUT2D eigenvalue weighted by Gasteiger charge is 2.11. The zero-order chi connectivity index (χ0) is 22.5. The van der Waals surface area contributed by atoms with Gasteiger partial charge in [-0.3, -0.25) is 9.59 Å². The predicted molar refractivity (Wildman–Crippen MR) is 119 cm³/mol. The Kier molecular flexibility index (Phi) is 6.07. The highest BCUT2D eigenvalue weighted by atomic mass is 16.5. The van der Waals surface area contributed by atoms with Gasteiger partial charge in [0.1, 0.15) is 18.1 Å². The topological polar surface area (TPSA) is 104 Å². The number of hydrogen-bond donors (Lipinski definition) is 1. The first-order chi connectivity index (χ1) is 15.5. The van der Waals surface area contributed by atoms with Crippen molar-refractivity contribution in [3.8, 4) is 11.6 Å². The molecule has 0 spiro atoms. The molecule has 0 bridgehead atoms. The number of benzene rings is 1. The highest BCUT2D eigenvalue weighted by molar-refractivity contribution is 6.02. The third kappa shape index (κ3) is 4.89. The van der Waals surface area contributed by atoms with Crippen LogP contribution < -0.4 is 15.6 Å². The SMILES string of the molecule is Cc1cc(C)n(-c2ccc(NC(=O)c3ccc(=O)n(CCOc4ccccc4)n3)cn2)n1. The van der Waals surface area contributed by atoms with Crippen molar-refractivity contribution in [2.24, 2.45) is 0 Å². The number of carbonyl (C=O) groups excluding carboxylic acids is 1. The van der Waals surface area contributed by atoms with Gasteiger partial charge in [-0.2, -0.15) is 10.2 Å². The maximum absolute atomic E-state index is 12.6. The largest absolute Gasteiger partial charge is 0.492 e. The van der Waals surface area contributed by atoms with Gasteiger partial charge in [-0.15, -0.1) is 0 Å². The minimum atomic E-state index is -0.441. The van der Waals surface area contributed by atoms with E-state index in [-0.39, 0.29) is 24.4 Å². The zero-order valence-electron chi connectivity index (χ0n) is 17.7. The number of amides is 1. The molecule has 9 nitrogen and oxygen atoms in total. The van der Waals surface area contributed by atoms with Crippen LogP contribution in [0, 0.1) is 13.8 Å². The minimum Gasteiger partial charge on any atom is -0.492 e. The van der Waals surface area contributed by atoms with Crippen LogP contribution in [0.1, 0.15) is 21.9 Å². The van der Waals surface area contributed by atoms with Gasteiger partial charge < -0.3 is 10.1 Å². The van der Waals surface area contributed by atoms with Gasteiger partial charge in [0.2, 0.25) is 0 Å². The van der Waals surface area contributed by atoms with E-state index in [1.807, 2.05) is 50.2 Å². The van der Waals surface area contributed by atoms with Crippen molar-refractivity contribution in [2.75, 3.05) is 11.9 Å². The van der Waals surface area contributed by atoms with Gasteiger partial charge in [-0.05, 0) is 50.2 Å². The van der Waals surface area contributed by atoms with E-state index in [1.54, 1.807) is 23.0 Å². The van der Waals surface area contributed by atoms with Crippen LogP contribution in [0.5, 0.6) is 5.75 Å². The molecule has 0 atom stereocenters. The van der Waals surface area contributed by atoms with E-state index < -0.39 is 5.91 Å². The quantitative estimate of drug-likeness (QED) is 0.484. The Hall–Kier alpha value is -4.27. The zero-order valence-corrected chi connectivity index (χ0v) is 17.7. The van der Waals surface area contributed by atoms with Crippen LogP contribution in [0.15, 0.2) is 71.7 Å². The lowest BCUT2D eigenvalue weighted by molar-refractivity contribution is 0.101. The van der Waals surface area contributed by atoms with Crippen LogP contribution in [0.3, 0.4) is 0 Å². The summed E-state index contributed by atoms with van der Waals surface area (Å²) < 4.78 is 8.55. The summed E-state index contributed by atoms with van der Waals surface area (Å²) >= 11 is 0. The van der Waals surface area contributed by atoms with E-state index in [2.05, 4.69) is 20.5 Å². The smallest absolute Gasteiger partial charge is 0.276 e. The Bertz CT molecular complexity index is 1280. The lowest BCUT2D eigenvalue weighted by Crippen LogP contribution is -2.28. The summed E-state index contributed by atoms with van der Waals surface area (Å²) in [4.78, 5) is 29.1. The minimum absolute atomic E-state index is 0.118. The summed E-state index contributed by atoms with van der Waals surface area (Å²) in [5, 5.41) is 11.3. The number of anilines is 1. The number of aromatic nitrogens is 5. The molecule has 4 rings (SSSR count).